The van der Waals surface area contributed by atoms with Crippen molar-refractivity contribution in [2.45, 2.75) is 12.3 Å². The number of fused-ring (bicyclic) bond motifs is 52. The number of aromatic nitrogens is 3. The average Bonchev–Trinajstić information content (AvgIpc) is 1.51. The van der Waals surface area contributed by atoms with Crippen LogP contribution in [0.5, 0.6) is 0 Å². The van der Waals surface area contributed by atoms with Crippen LogP contribution in [0, 0.1) is 29.6 Å². The molecule has 0 fully saturated rings. The van der Waals surface area contributed by atoms with E-state index >= 15 is 0 Å². The molecule has 0 radical (unpaired) electrons. The van der Waals surface area contributed by atoms with Gasteiger partial charge in [0.2, 0.25) is 0 Å². The summed E-state index contributed by atoms with van der Waals surface area (Å²) in [5.41, 5.74) is 42.0. The Morgan fingerprint density at radius 1 is 0.177 bits per heavy atom. The van der Waals surface area contributed by atoms with Crippen molar-refractivity contribution in [2.24, 2.45) is 0 Å². The molecule has 0 saturated heterocycles. The van der Waals surface area contributed by atoms with Crippen molar-refractivity contribution in [2.75, 3.05) is 0 Å². The summed E-state index contributed by atoms with van der Waals surface area (Å²) in [6.07, 6.45) is 0. The molecule has 0 bridgehead atoms. The van der Waals surface area contributed by atoms with Crippen molar-refractivity contribution in [3.8, 4) is 78.9 Å². The highest BCUT2D eigenvalue weighted by atomic mass is 16.4. The van der Waals surface area contributed by atoms with Gasteiger partial charge in [-0.05, 0) is 241 Å². The quantitative estimate of drug-likeness (QED) is 0.170. The Kier molecular flexibility index (Phi) is 15.3. The van der Waals surface area contributed by atoms with Crippen molar-refractivity contribution in [1.29, 1.82) is 10.5 Å². The maximum absolute atomic E-state index is 9.94. The molecule has 0 N–H and O–H groups in total. The van der Waals surface area contributed by atoms with Gasteiger partial charge in [-0.3, -0.25) is 0 Å². The third kappa shape index (κ3) is 10.2. The lowest BCUT2D eigenvalue weighted by atomic mass is 9.70. The molecule has 0 unspecified atom stereocenters. The molecule has 0 aliphatic heterocycles. The van der Waals surface area contributed by atoms with E-state index in [0.29, 0.717) is 11.1 Å². The van der Waals surface area contributed by atoms with Crippen LogP contribution in [0.1, 0.15) is 38.9 Å². The van der Waals surface area contributed by atoms with Gasteiger partial charge in [0.15, 0.2) is 33.5 Å². The second kappa shape index (κ2) is 28.5. The highest BCUT2D eigenvalue weighted by molar-refractivity contribution is 6.37. The van der Waals surface area contributed by atoms with Crippen LogP contribution in [-0.2, 0) is 5.41 Å². The summed E-state index contributed by atoms with van der Waals surface area (Å²) in [6.45, 7) is 2.08. The number of para-hydroxylation sites is 6. The second-order valence-corrected chi connectivity index (χ2v) is 39.9. The van der Waals surface area contributed by atoms with Crippen molar-refractivity contribution in [3.05, 3.63) is 451 Å². The maximum Gasteiger partial charge on any atom is 0.160 e. The van der Waals surface area contributed by atoms with Gasteiger partial charge >= 0.3 is 0 Å². The zero-order chi connectivity index (χ0) is 95.9. The number of rotatable bonds is 4. The zero-order valence-corrected chi connectivity index (χ0v) is 78.4. The van der Waals surface area contributed by atoms with E-state index in [1.165, 1.54) is 93.5 Å². The molecule has 0 atom stereocenters. The normalized spacial score (nSPS) is 13.0. The van der Waals surface area contributed by atoms with Crippen LogP contribution >= 0.6 is 0 Å². The lowest BCUT2D eigenvalue weighted by molar-refractivity contribution is 0.669. The molecule has 2 aliphatic carbocycles. The maximum atomic E-state index is 9.94. The predicted octanol–water partition coefficient (Wildman–Crippen LogP) is 37.0. The average molecular weight is 1870 g/mol. The molecule has 1 spiro atoms. The molecule has 11 heteroatoms. The summed E-state index contributed by atoms with van der Waals surface area (Å²) in [6, 6.07) is 152. The number of hydrogen-bond acceptors (Lipinski definition) is 8. The van der Waals surface area contributed by atoms with Crippen LogP contribution in [0.25, 0.3) is 313 Å². The van der Waals surface area contributed by atoms with Crippen LogP contribution in [0.4, 0.5) is 0 Å². The molecule has 11 nitrogen and oxygen atoms in total. The summed E-state index contributed by atoms with van der Waals surface area (Å²) in [7, 11) is 0. The minimum absolute atomic E-state index is 0.404. The molecule has 0 amide bonds. The monoisotopic (exact) mass is 1870 g/mol. The summed E-state index contributed by atoms with van der Waals surface area (Å²) in [4.78, 5) is 0. The first-order valence-corrected chi connectivity index (χ1v) is 49.9. The SMILES string of the molecule is Cc1cc(C#N)ccc1-c1cc2c3ccc4c5ccccc5oc4c3n3c2c(c1)c1ccc2c4ccccc4oc2c13.N#Cc1ccc(-c2ccccc2)c(-c2cc3c4ccc5c6ccccc6oc5c4n4c3c(c2)c2ccc3c5ccccc5oc3c24)c1.c1ccc2c(c1)-c1ccccc1C21c2ccccc2-c2ccc(-c3cc4c5ccc6c7ccccc7oc6c5n5c4c(c3)c3ccc4c6ccccc6oc4c35)cc21. The lowest BCUT2D eigenvalue weighted by Crippen LogP contribution is -2.25. The van der Waals surface area contributed by atoms with Gasteiger partial charge in [0.05, 0.1) is 78.3 Å². The van der Waals surface area contributed by atoms with Gasteiger partial charge in [-0.2, -0.15) is 10.5 Å². The van der Waals surface area contributed by atoms with Gasteiger partial charge < -0.3 is 39.7 Å². The standard InChI is InChI=1S/C55H29NO2.C43H22N2O2.C38H20N2O2/c1-6-16-44-32(11-1)33-12-2-7-17-45(33)55(44)46-18-8-3-13-34(46)35-22-21-30(29-47(35)55)31-27-42-38-23-25-40-36-14-4-9-19-48(36)57-53(40)51(38)56-50(42)43(28-31)39-24-26-41-37-15-5-10-20-49(37)58-54(41)52(39)56;44-23-24-14-15-27(25-8-2-1-3-9-25)34(20-24)26-21-35-30-16-18-32-28-10-4-6-12-37(28)46-42(32)40(30)45-39(35)36(22-26)31-17-19-33-29-11-5-7-13-38(29)47-43(33)41(31)45;1-20-16-21(19-39)10-11-23(20)22-17-30-26-12-14-28-24-6-2-4-8-32(24)41-37(28)35(26)40-34(30)31(18-22)27-13-15-29-25-7-3-5-9-33(25)42-38(29)36(27)40/h1-29H;1-22H;2-18H,1H3. The summed E-state index contributed by atoms with van der Waals surface area (Å²) in [5.74, 6) is 0. The molecule has 36 rings (SSSR count). The summed E-state index contributed by atoms with van der Waals surface area (Å²) in [5, 5.41) is 46.6. The van der Waals surface area contributed by atoms with Crippen molar-refractivity contribution >= 4 is 246 Å². The van der Waals surface area contributed by atoms with Crippen molar-refractivity contribution < 1.29 is 26.5 Å². The predicted molar refractivity (Wildman–Crippen MR) is 599 cm³/mol. The number of nitriles is 2. The van der Waals surface area contributed by atoms with Crippen LogP contribution in [0.3, 0.4) is 0 Å². The van der Waals surface area contributed by atoms with E-state index in [0.717, 1.165) is 247 Å². The number of aryl methyl sites for hydroxylation is 1. The number of furan rings is 6. The Labute approximate surface area is 833 Å². The number of benzene rings is 22. The van der Waals surface area contributed by atoms with Gasteiger partial charge in [0.1, 0.15) is 33.5 Å². The second-order valence-electron chi connectivity index (χ2n) is 39.9. The topological polar surface area (TPSA) is 140 Å². The molecular formula is C136H71N5O6. The fraction of sp³-hybridized carbons (Fsp3) is 0.0147. The van der Waals surface area contributed by atoms with E-state index in [9.17, 15) is 10.5 Å². The first kappa shape index (κ1) is 78.8. The Bertz CT molecular complexity index is 11500. The Morgan fingerprint density at radius 3 is 0.769 bits per heavy atom. The molecule has 2 aliphatic rings. The molecular weight excluding hydrogens is 1800 g/mol. The largest absolute Gasteiger partial charge is 0.454 e. The van der Waals surface area contributed by atoms with Gasteiger partial charge in [-0.15, -0.1) is 0 Å². The van der Waals surface area contributed by atoms with Crippen molar-refractivity contribution in [1.82, 2.24) is 13.2 Å². The van der Waals surface area contributed by atoms with E-state index < -0.39 is 5.41 Å². The van der Waals surface area contributed by atoms with Gasteiger partial charge in [-0.1, -0.05) is 273 Å². The molecule has 34 aromatic rings. The van der Waals surface area contributed by atoms with E-state index in [-0.39, 0.29) is 0 Å². The van der Waals surface area contributed by atoms with Gasteiger partial charge in [0.25, 0.3) is 0 Å². The fourth-order valence-corrected chi connectivity index (χ4v) is 26.7. The van der Waals surface area contributed by atoms with E-state index in [1.54, 1.807) is 0 Å². The summed E-state index contributed by atoms with van der Waals surface area (Å²) < 4.78 is 47.4. The third-order valence-electron chi connectivity index (χ3n) is 32.7. The number of nitrogens with zero attached hydrogens (tertiary/aromatic N) is 5. The van der Waals surface area contributed by atoms with Gasteiger partial charge in [-0.25, -0.2) is 0 Å². The highest BCUT2D eigenvalue weighted by Crippen LogP contribution is 2.64. The number of hydrogen-bond donors (Lipinski definition) is 0. The fourth-order valence-electron chi connectivity index (χ4n) is 26.7. The molecule has 22 aromatic carbocycles. The molecule has 147 heavy (non-hydrogen) atoms. The Morgan fingerprint density at radius 2 is 0.442 bits per heavy atom. The minimum Gasteiger partial charge on any atom is -0.454 e. The minimum atomic E-state index is -0.404. The van der Waals surface area contributed by atoms with Crippen LogP contribution in [0.15, 0.2) is 439 Å². The van der Waals surface area contributed by atoms with Crippen LogP contribution in [-0.4, -0.2) is 13.2 Å². The summed E-state index contributed by atoms with van der Waals surface area (Å²) >= 11 is 0. The van der Waals surface area contributed by atoms with Crippen LogP contribution < -0.4 is 0 Å². The van der Waals surface area contributed by atoms with E-state index in [2.05, 4.69) is 366 Å². The van der Waals surface area contributed by atoms with Crippen molar-refractivity contribution in [3.63, 3.8) is 0 Å². The molecule has 12 heterocycles. The molecule has 12 aromatic heterocycles. The Hall–Kier alpha value is -20.0. The first-order chi connectivity index (χ1) is 72.7. The molecule has 0 saturated carbocycles. The van der Waals surface area contributed by atoms with E-state index in [1.807, 2.05) is 78.9 Å². The van der Waals surface area contributed by atoms with Gasteiger partial charge in [0, 0.05) is 129 Å². The first-order valence-electron chi connectivity index (χ1n) is 49.9. The molecule has 676 valence electrons. The smallest absolute Gasteiger partial charge is 0.160 e. The third-order valence-corrected chi connectivity index (χ3v) is 32.7. The van der Waals surface area contributed by atoms with E-state index in [4.69, 9.17) is 26.5 Å². The zero-order valence-electron chi connectivity index (χ0n) is 78.4. The lowest BCUT2D eigenvalue weighted by Gasteiger charge is -2.30. The Balaban J connectivity index is 0.0000000959. The van der Waals surface area contributed by atoms with Crippen LogP contribution in [0.2, 0.25) is 0 Å². The highest BCUT2D eigenvalue weighted by Gasteiger charge is 2.52.